The maximum absolute atomic E-state index is 13.7. The van der Waals surface area contributed by atoms with Gasteiger partial charge in [0.1, 0.15) is 12.6 Å². The Labute approximate surface area is 228 Å². The molecule has 2 amide bonds. The van der Waals surface area contributed by atoms with Crippen molar-refractivity contribution >= 4 is 44.8 Å². The highest BCUT2D eigenvalue weighted by molar-refractivity contribution is 7.92. The molecule has 1 aliphatic rings. The second-order valence-corrected chi connectivity index (χ2v) is 11.8. The molecule has 12 heteroatoms. The topological polar surface area (TPSA) is 130 Å². The van der Waals surface area contributed by atoms with Crippen molar-refractivity contribution in [2.24, 2.45) is 0 Å². The molecule has 2 aromatic carbocycles. The first-order chi connectivity index (χ1) is 18.0. The van der Waals surface area contributed by atoms with Crippen LogP contribution in [0, 0.1) is 10.1 Å². The van der Waals surface area contributed by atoms with Gasteiger partial charge < -0.3 is 10.2 Å². The van der Waals surface area contributed by atoms with Crippen LogP contribution in [0.5, 0.6) is 0 Å². The van der Waals surface area contributed by atoms with Gasteiger partial charge in [0, 0.05) is 29.7 Å². The number of carbonyl (C=O) groups is 2. The summed E-state index contributed by atoms with van der Waals surface area (Å²) < 4.78 is 26.2. The molecule has 10 nitrogen and oxygen atoms in total. The molecule has 0 aromatic heterocycles. The molecular weight excluding hydrogens is 532 g/mol. The maximum Gasteiger partial charge on any atom is 0.271 e. The van der Waals surface area contributed by atoms with Gasteiger partial charge in [0.15, 0.2) is 0 Å². The molecule has 0 bridgehead atoms. The number of carbonyl (C=O) groups excluding carboxylic acids is 2. The summed E-state index contributed by atoms with van der Waals surface area (Å²) >= 11 is 6.02. The molecule has 0 saturated heterocycles. The number of hydrogen-bond acceptors (Lipinski definition) is 6. The van der Waals surface area contributed by atoms with Crippen LogP contribution in [0.4, 0.5) is 11.4 Å². The number of halogens is 1. The average Bonchev–Trinajstić information content (AvgIpc) is 2.88. The van der Waals surface area contributed by atoms with Crippen LogP contribution in [0.1, 0.15) is 51.0 Å². The third-order valence-electron chi connectivity index (χ3n) is 6.61. The molecule has 1 fully saturated rings. The van der Waals surface area contributed by atoms with Gasteiger partial charge in [0.25, 0.3) is 5.69 Å². The first-order valence-electron chi connectivity index (χ1n) is 12.6. The van der Waals surface area contributed by atoms with Gasteiger partial charge >= 0.3 is 0 Å². The van der Waals surface area contributed by atoms with Crippen molar-refractivity contribution in [1.82, 2.24) is 10.2 Å². The van der Waals surface area contributed by atoms with E-state index in [0.717, 1.165) is 48.7 Å². The first-order valence-corrected chi connectivity index (χ1v) is 14.8. The maximum atomic E-state index is 13.7. The molecule has 0 unspecified atom stereocenters. The third kappa shape index (κ3) is 7.91. The Kier molecular flexibility index (Phi) is 10.1. The number of nitrogens with one attached hydrogen (secondary N) is 1. The van der Waals surface area contributed by atoms with Gasteiger partial charge in [-0.2, -0.15) is 0 Å². The van der Waals surface area contributed by atoms with Crippen LogP contribution in [0.2, 0.25) is 5.02 Å². The Morgan fingerprint density at radius 1 is 1.13 bits per heavy atom. The summed E-state index contributed by atoms with van der Waals surface area (Å²) in [6, 6.07) is 11.1. The van der Waals surface area contributed by atoms with Crippen molar-refractivity contribution in [1.29, 1.82) is 0 Å². The summed E-state index contributed by atoms with van der Waals surface area (Å²) in [5, 5.41) is 14.8. The van der Waals surface area contributed by atoms with Crippen LogP contribution in [-0.4, -0.2) is 54.9 Å². The van der Waals surface area contributed by atoms with Gasteiger partial charge in [-0.15, -0.1) is 0 Å². The standard InChI is InChI=1S/C26H33ClN4O6S/c1-3-24(26(33)28-21-8-5-4-6-9-21)29(17-19-12-14-20(27)15-13-19)25(32)18-30(38(2,36)37)22-10-7-11-23(16-22)31(34)35/h7,10-16,21,24H,3-6,8-9,17-18H2,1-2H3,(H,28,33)/t24-/m0/s1. The molecule has 38 heavy (non-hydrogen) atoms. The summed E-state index contributed by atoms with van der Waals surface area (Å²) in [5.74, 6) is -0.898. The number of rotatable bonds is 11. The van der Waals surface area contributed by atoms with Crippen molar-refractivity contribution in [3.8, 4) is 0 Å². The van der Waals surface area contributed by atoms with E-state index in [4.69, 9.17) is 11.6 Å². The second-order valence-electron chi connectivity index (χ2n) is 9.46. The van der Waals surface area contributed by atoms with E-state index in [1.54, 1.807) is 31.2 Å². The smallest absolute Gasteiger partial charge is 0.271 e. The van der Waals surface area contributed by atoms with E-state index in [-0.39, 0.29) is 29.9 Å². The molecule has 0 radical (unpaired) electrons. The largest absolute Gasteiger partial charge is 0.352 e. The van der Waals surface area contributed by atoms with Gasteiger partial charge in [-0.3, -0.25) is 24.0 Å². The fraction of sp³-hybridized carbons (Fsp3) is 0.462. The number of amides is 2. The van der Waals surface area contributed by atoms with E-state index in [2.05, 4.69) is 5.32 Å². The minimum atomic E-state index is -4.00. The van der Waals surface area contributed by atoms with E-state index < -0.39 is 33.4 Å². The van der Waals surface area contributed by atoms with Crippen LogP contribution in [-0.2, 0) is 26.2 Å². The SMILES string of the molecule is CC[C@@H](C(=O)NC1CCCCC1)N(Cc1ccc(Cl)cc1)C(=O)CN(c1cccc([N+](=O)[O-])c1)S(C)(=O)=O. The van der Waals surface area contributed by atoms with E-state index in [1.165, 1.54) is 23.1 Å². The third-order valence-corrected chi connectivity index (χ3v) is 8.00. The molecule has 1 saturated carbocycles. The monoisotopic (exact) mass is 564 g/mol. The molecule has 3 rings (SSSR count). The Hall–Kier alpha value is -3.18. The van der Waals surface area contributed by atoms with Crippen molar-refractivity contribution in [3.63, 3.8) is 0 Å². The molecule has 1 atom stereocenters. The van der Waals surface area contributed by atoms with Gasteiger partial charge in [-0.05, 0) is 43.0 Å². The lowest BCUT2D eigenvalue weighted by Gasteiger charge is -2.34. The molecule has 1 aliphatic carbocycles. The van der Waals surface area contributed by atoms with Crippen LogP contribution >= 0.6 is 11.6 Å². The van der Waals surface area contributed by atoms with E-state index in [0.29, 0.717) is 17.0 Å². The van der Waals surface area contributed by atoms with Crippen LogP contribution in [0.25, 0.3) is 0 Å². The second kappa shape index (κ2) is 13.1. The number of hydrogen-bond donors (Lipinski definition) is 1. The molecule has 206 valence electrons. The quantitative estimate of drug-likeness (QED) is 0.320. The van der Waals surface area contributed by atoms with Crippen LogP contribution in [0.3, 0.4) is 0 Å². The van der Waals surface area contributed by atoms with Crippen molar-refractivity contribution in [2.75, 3.05) is 17.1 Å². The molecular formula is C26H33ClN4O6S. The van der Waals surface area contributed by atoms with Gasteiger partial charge in [-0.1, -0.05) is 56.0 Å². The van der Waals surface area contributed by atoms with E-state index in [1.807, 2.05) is 0 Å². The Morgan fingerprint density at radius 2 is 1.79 bits per heavy atom. The minimum Gasteiger partial charge on any atom is -0.352 e. The number of non-ortho nitro benzene ring substituents is 1. The summed E-state index contributed by atoms with van der Waals surface area (Å²) in [6.45, 7) is 1.22. The number of anilines is 1. The van der Waals surface area contributed by atoms with Gasteiger partial charge in [-0.25, -0.2) is 8.42 Å². The number of sulfonamides is 1. The molecule has 2 aromatic rings. The van der Waals surface area contributed by atoms with E-state index in [9.17, 15) is 28.1 Å². The minimum absolute atomic E-state index is 0.0128. The predicted octanol–water partition coefficient (Wildman–Crippen LogP) is 4.27. The normalized spacial score (nSPS) is 14.9. The van der Waals surface area contributed by atoms with Crippen molar-refractivity contribution < 1.29 is 22.9 Å². The predicted molar refractivity (Wildman–Crippen MR) is 146 cm³/mol. The number of nitro groups is 1. The number of nitrogens with zero attached hydrogens (tertiary/aromatic N) is 3. The lowest BCUT2D eigenvalue weighted by molar-refractivity contribution is -0.384. The van der Waals surface area contributed by atoms with Crippen molar-refractivity contribution in [3.05, 3.63) is 69.2 Å². The Morgan fingerprint density at radius 3 is 2.37 bits per heavy atom. The Bertz CT molecular complexity index is 1250. The van der Waals surface area contributed by atoms with Gasteiger partial charge in [0.2, 0.25) is 21.8 Å². The van der Waals surface area contributed by atoms with Crippen LogP contribution in [0.15, 0.2) is 48.5 Å². The van der Waals surface area contributed by atoms with E-state index >= 15 is 0 Å². The highest BCUT2D eigenvalue weighted by Gasteiger charge is 2.33. The zero-order valence-corrected chi connectivity index (χ0v) is 23.1. The summed E-state index contributed by atoms with van der Waals surface area (Å²) in [6.07, 6.45) is 6.18. The lowest BCUT2D eigenvalue weighted by Crippen LogP contribution is -2.53. The molecule has 1 N–H and O–H groups in total. The highest BCUT2D eigenvalue weighted by Crippen LogP contribution is 2.25. The van der Waals surface area contributed by atoms with Crippen molar-refractivity contribution in [2.45, 2.75) is 64.1 Å². The zero-order chi connectivity index (χ0) is 27.9. The number of nitro benzene ring substituents is 1. The lowest BCUT2D eigenvalue weighted by atomic mass is 9.95. The molecule has 0 aliphatic heterocycles. The van der Waals surface area contributed by atoms with Crippen LogP contribution < -0.4 is 9.62 Å². The summed E-state index contributed by atoms with van der Waals surface area (Å²) in [4.78, 5) is 39.1. The Balaban J connectivity index is 1.93. The van der Waals surface area contributed by atoms with Gasteiger partial charge in [0.05, 0.1) is 16.9 Å². The molecule has 0 spiro atoms. The molecule has 0 heterocycles. The summed E-state index contributed by atoms with van der Waals surface area (Å²) in [5.41, 5.74) is 0.397. The number of benzene rings is 2. The average molecular weight is 565 g/mol. The summed E-state index contributed by atoms with van der Waals surface area (Å²) in [7, 11) is -4.00. The highest BCUT2D eigenvalue weighted by atomic mass is 35.5. The zero-order valence-electron chi connectivity index (χ0n) is 21.5. The fourth-order valence-electron chi connectivity index (χ4n) is 4.63. The first kappa shape index (κ1) is 29.4. The fourth-order valence-corrected chi connectivity index (χ4v) is 5.59.